The van der Waals surface area contributed by atoms with Crippen LogP contribution in [0.25, 0.3) is 0 Å². The van der Waals surface area contributed by atoms with E-state index in [1.54, 1.807) is 26.8 Å². The van der Waals surface area contributed by atoms with Crippen LogP contribution in [0.5, 0.6) is 0 Å². The van der Waals surface area contributed by atoms with E-state index in [4.69, 9.17) is 0 Å². The number of nitro groups is 1. The average Bonchev–Trinajstić information content (AvgIpc) is 2.23. The van der Waals surface area contributed by atoms with Crippen LogP contribution < -0.4 is 5.32 Å². The molecule has 0 heterocycles. The van der Waals surface area contributed by atoms with Crippen LogP contribution in [0.2, 0.25) is 0 Å². The van der Waals surface area contributed by atoms with Gasteiger partial charge in [-0.2, -0.15) is 0 Å². The quantitative estimate of drug-likeness (QED) is 0.335. The Balaban J connectivity index is 5.18. The fraction of sp³-hybridized carbons (Fsp3) is 0.364. The Morgan fingerprint density at radius 3 is 2.44 bits per heavy atom. The first-order valence-corrected chi connectivity index (χ1v) is 5.00. The monoisotopic (exact) mass is 224 g/mol. The van der Waals surface area contributed by atoms with Gasteiger partial charge in [-0.1, -0.05) is 18.2 Å². The fourth-order valence-electron chi connectivity index (χ4n) is 1.09. The molecule has 0 saturated heterocycles. The van der Waals surface area contributed by atoms with Crippen molar-refractivity contribution in [2.24, 2.45) is 0 Å². The molecular weight excluding hydrogens is 208 g/mol. The Kier molecular flexibility index (Phi) is 6.51. The van der Waals surface area contributed by atoms with Gasteiger partial charge in [0.1, 0.15) is 5.57 Å². The van der Waals surface area contributed by atoms with Gasteiger partial charge in [0, 0.05) is 12.6 Å². The topological polar surface area (TPSA) is 72.2 Å². The summed E-state index contributed by atoms with van der Waals surface area (Å²) in [6.45, 7) is 5.53. The number of carbonyl (C=O) groups excluding carboxylic acids is 1. The third-order valence-electron chi connectivity index (χ3n) is 1.79. The molecule has 0 aliphatic carbocycles. The van der Waals surface area contributed by atoms with Crippen LogP contribution >= 0.6 is 0 Å². The van der Waals surface area contributed by atoms with Gasteiger partial charge in [-0.3, -0.25) is 14.9 Å². The Morgan fingerprint density at radius 2 is 2.06 bits per heavy atom. The molecular formula is C11H16N2O3. The molecule has 5 nitrogen and oxygen atoms in total. The second-order valence-corrected chi connectivity index (χ2v) is 2.90. The summed E-state index contributed by atoms with van der Waals surface area (Å²) in [5.74, 6) is -0.433. The molecule has 0 aliphatic heterocycles. The molecule has 0 saturated carbocycles. The normalized spacial score (nSPS) is 12.9. The number of rotatable bonds is 5. The average molecular weight is 224 g/mol. The largest absolute Gasteiger partial charge is 0.352 e. The number of likely N-dealkylation sites (N-methyl/N-ethyl adjacent to an activating group) is 1. The highest BCUT2D eigenvalue weighted by Crippen LogP contribution is 2.11. The van der Waals surface area contributed by atoms with Gasteiger partial charge in [0.25, 0.3) is 11.6 Å². The Hall–Kier alpha value is -1.91. The molecule has 0 rings (SSSR count). The van der Waals surface area contributed by atoms with E-state index in [-0.39, 0.29) is 11.3 Å². The highest BCUT2D eigenvalue weighted by Gasteiger charge is 2.21. The van der Waals surface area contributed by atoms with E-state index in [0.717, 1.165) is 0 Å². The Morgan fingerprint density at radius 1 is 1.44 bits per heavy atom. The van der Waals surface area contributed by atoms with Gasteiger partial charge in [0.15, 0.2) is 0 Å². The molecule has 16 heavy (non-hydrogen) atoms. The zero-order chi connectivity index (χ0) is 12.6. The van der Waals surface area contributed by atoms with Crippen LogP contribution in [0.1, 0.15) is 20.8 Å². The molecule has 88 valence electrons. The van der Waals surface area contributed by atoms with Gasteiger partial charge in [0.2, 0.25) is 0 Å². The molecule has 0 aromatic rings. The van der Waals surface area contributed by atoms with Gasteiger partial charge in [-0.25, -0.2) is 0 Å². The van der Waals surface area contributed by atoms with Gasteiger partial charge in [0.05, 0.1) is 4.92 Å². The van der Waals surface area contributed by atoms with Crippen LogP contribution in [-0.4, -0.2) is 17.4 Å². The number of amides is 1. The van der Waals surface area contributed by atoms with E-state index in [1.165, 1.54) is 18.2 Å². The zero-order valence-corrected chi connectivity index (χ0v) is 9.69. The number of hydrogen-bond donors (Lipinski definition) is 1. The summed E-state index contributed by atoms with van der Waals surface area (Å²) < 4.78 is 0. The lowest BCUT2D eigenvalue weighted by atomic mass is 10.1. The molecule has 0 atom stereocenters. The number of nitrogens with zero attached hydrogens (tertiary/aromatic N) is 1. The number of carbonyl (C=O) groups is 1. The van der Waals surface area contributed by atoms with Crippen molar-refractivity contribution < 1.29 is 9.72 Å². The van der Waals surface area contributed by atoms with Crippen LogP contribution in [-0.2, 0) is 4.79 Å². The predicted octanol–water partition coefficient (Wildman–Crippen LogP) is 1.81. The first kappa shape index (κ1) is 14.1. The molecule has 1 amide bonds. The molecule has 0 unspecified atom stereocenters. The first-order valence-electron chi connectivity index (χ1n) is 5.00. The van der Waals surface area contributed by atoms with E-state index < -0.39 is 10.8 Å². The van der Waals surface area contributed by atoms with E-state index in [0.29, 0.717) is 6.54 Å². The lowest BCUT2D eigenvalue weighted by Gasteiger charge is -2.03. The number of hydrogen-bond acceptors (Lipinski definition) is 3. The maximum absolute atomic E-state index is 11.5. The molecule has 0 fully saturated rings. The third kappa shape index (κ3) is 4.08. The number of nitrogens with one attached hydrogen (secondary N) is 1. The second-order valence-electron chi connectivity index (χ2n) is 2.90. The van der Waals surface area contributed by atoms with Crippen LogP contribution in [0.3, 0.4) is 0 Å². The van der Waals surface area contributed by atoms with Gasteiger partial charge in [-0.05, 0) is 20.8 Å². The van der Waals surface area contributed by atoms with Crippen molar-refractivity contribution in [3.8, 4) is 0 Å². The fourth-order valence-corrected chi connectivity index (χ4v) is 1.09. The molecule has 5 heteroatoms. The molecule has 0 spiro atoms. The van der Waals surface area contributed by atoms with E-state index in [1.807, 2.05) is 0 Å². The van der Waals surface area contributed by atoms with E-state index in [9.17, 15) is 14.9 Å². The molecule has 0 aromatic carbocycles. The summed E-state index contributed by atoms with van der Waals surface area (Å²) in [5, 5.41) is 13.3. The second kappa shape index (κ2) is 7.39. The van der Waals surface area contributed by atoms with Crippen molar-refractivity contribution in [1.82, 2.24) is 5.32 Å². The standard InChI is InChI=1S/C11H16N2O3/c1-4-7-8-10(13(15)16)9(5-2)11(14)12-6-3/h4-5,7-8H,6H2,1-3H3,(H,12,14)/b7-4-,9-5+,10-8+. The van der Waals surface area contributed by atoms with E-state index in [2.05, 4.69) is 5.32 Å². The maximum atomic E-state index is 11.5. The first-order chi connectivity index (χ1) is 7.58. The minimum absolute atomic E-state index is 0.0740. The van der Waals surface area contributed by atoms with Crippen molar-refractivity contribution in [1.29, 1.82) is 0 Å². The van der Waals surface area contributed by atoms with Gasteiger partial charge < -0.3 is 5.32 Å². The predicted molar refractivity (Wildman–Crippen MR) is 62.3 cm³/mol. The summed E-state index contributed by atoms with van der Waals surface area (Å²) in [6, 6.07) is 0. The molecule has 1 N–H and O–H groups in total. The van der Waals surface area contributed by atoms with Gasteiger partial charge in [-0.15, -0.1) is 0 Å². The summed E-state index contributed by atoms with van der Waals surface area (Å²) >= 11 is 0. The van der Waals surface area contributed by atoms with Crippen molar-refractivity contribution in [3.05, 3.63) is 45.7 Å². The highest BCUT2D eigenvalue weighted by molar-refractivity contribution is 5.97. The Bertz CT molecular complexity index is 354. The highest BCUT2D eigenvalue weighted by atomic mass is 16.6. The van der Waals surface area contributed by atoms with Crippen molar-refractivity contribution in [2.45, 2.75) is 20.8 Å². The van der Waals surface area contributed by atoms with Gasteiger partial charge >= 0.3 is 0 Å². The van der Waals surface area contributed by atoms with E-state index >= 15 is 0 Å². The Labute approximate surface area is 94.7 Å². The lowest BCUT2D eigenvalue weighted by molar-refractivity contribution is -0.420. The summed E-state index contributed by atoms with van der Waals surface area (Å²) in [4.78, 5) is 21.8. The maximum Gasteiger partial charge on any atom is 0.281 e. The van der Waals surface area contributed by atoms with Crippen LogP contribution in [0.4, 0.5) is 0 Å². The smallest absolute Gasteiger partial charge is 0.281 e. The number of allylic oxidation sites excluding steroid dienone is 4. The molecule has 0 aromatic heterocycles. The third-order valence-corrected chi connectivity index (χ3v) is 1.79. The summed E-state index contributed by atoms with van der Waals surface area (Å²) in [7, 11) is 0. The SMILES string of the molecule is C\C=C/C=C(\C(=C/C)C(=O)NCC)[N+](=O)[O-]. The molecule has 0 aliphatic rings. The summed E-state index contributed by atoms with van der Waals surface area (Å²) in [6.07, 6.45) is 5.93. The minimum atomic E-state index is -0.565. The zero-order valence-electron chi connectivity index (χ0n) is 9.69. The van der Waals surface area contributed by atoms with Crippen molar-refractivity contribution in [3.63, 3.8) is 0 Å². The van der Waals surface area contributed by atoms with Crippen LogP contribution in [0.15, 0.2) is 35.6 Å². The summed E-state index contributed by atoms with van der Waals surface area (Å²) in [5.41, 5.74) is -0.128. The van der Waals surface area contributed by atoms with Crippen molar-refractivity contribution in [2.75, 3.05) is 6.54 Å². The molecule has 0 bridgehead atoms. The molecule has 0 radical (unpaired) electrons. The minimum Gasteiger partial charge on any atom is -0.352 e. The lowest BCUT2D eigenvalue weighted by Crippen LogP contribution is -2.26. The van der Waals surface area contributed by atoms with Crippen molar-refractivity contribution >= 4 is 5.91 Å². The van der Waals surface area contributed by atoms with Crippen LogP contribution in [0, 0.1) is 10.1 Å².